The summed E-state index contributed by atoms with van der Waals surface area (Å²) >= 11 is 0. The van der Waals surface area contributed by atoms with Crippen LogP contribution in [0.15, 0.2) is 77.7 Å². The minimum atomic E-state index is -1.42. The van der Waals surface area contributed by atoms with Gasteiger partial charge in [0, 0.05) is 0 Å². The quantitative estimate of drug-likeness (QED) is 0.356. The fraction of sp³-hybridized carbons (Fsp3) is 0.379. The number of hydrogen-bond acceptors (Lipinski definition) is 2. The predicted molar refractivity (Wildman–Crippen MR) is 141 cm³/mol. The molecule has 3 N–H and O–H groups in total. The van der Waals surface area contributed by atoms with Crippen LogP contribution >= 0.6 is 0 Å². The van der Waals surface area contributed by atoms with Gasteiger partial charge in [-0.15, -0.1) is 0 Å². The highest BCUT2D eigenvalue weighted by Gasteiger charge is 2.27. The van der Waals surface area contributed by atoms with E-state index in [2.05, 4.69) is 58.4 Å². The molecule has 0 heterocycles. The van der Waals surface area contributed by atoms with Crippen LogP contribution in [0.3, 0.4) is 0 Å². The minimum Gasteiger partial charge on any atom is -0.322 e. The van der Waals surface area contributed by atoms with Crippen LogP contribution in [0.1, 0.15) is 99.2 Å². The van der Waals surface area contributed by atoms with Gasteiger partial charge >= 0.3 is 0 Å². The van der Waals surface area contributed by atoms with Crippen LogP contribution in [0, 0.1) is 0 Å². The van der Waals surface area contributed by atoms with Crippen molar-refractivity contribution < 1.29 is 4.21 Å². The van der Waals surface area contributed by atoms with E-state index in [-0.39, 0.29) is 23.9 Å². The molecule has 3 atom stereocenters. The Labute approximate surface area is 202 Å². The van der Waals surface area contributed by atoms with E-state index in [0.29, 0.717) is 5.92 Å². The molecule has 33 heavy (non-hydrogen) atoms. The average Bonchev–Trinajstić information content (AvgIpc) is 2.82. The van der Waals surface area contributed by atoms with E-state index in [1.54, 1.807) is 0 Å². The highest BCUT2D eigenvalue weighted by Crippen LogP contribution is 2.35. The highest BCUT2D eigenvalue weighted by atomic mass is 32.2. The number of rotatable bonds is 9. The summed E-state index contributed by atoms with van der Waals surface area (Å²) in [5, 5.41) is 0. The zero-order chi connectivity index (χ0) is 24.1. The second-order valence-corrected chi connectivity index (χ2v) is 10.9. The third-order valence-electron chi connectivity index (χ3n) is 6.20. The Kier molecular flexibility index (Phi) is 8.63. The van der Waals surface area contributed by atoms with Gasteiger partial charge in [-0.05, 0) is 45.6 Å². The smallest absolute Gasteiger partial charge is 0.126 e. The molecule has 176 valence electrons. The van der Waals surface area contributed by atoms with Gasteiger partial charge < -0.3 is 5.73 Å². The van der Waals surface area contributed by atoms with E-state index < -0.39 is 11.0 Å². The summed E-state index contributed by atoms with van der Waals surface area (Å²) in [4.78, 5) is 0.908. The number of nitrogens with one attached hydrogen (secondary N) is 1. The molecule has 3 aromatic carbocycles. The fourth-order valence-corrected chi connectivity index (χ4v) is 5.80. The van der Waals surface area contributed by atoms with Gasteiger partial charge in [0.05, 0.1) is 17.0 Å². The Hall–Kier alpha value is -2.27. The van der Waals surface area contributed by atoms with Crippen molar-refractivity contribution in [3.05, 3.63) is 101 Å². The molecule has 2 unspecified atom stereocenters. The second kappa shape index (κ2) is 11.2. The third kappa shape index (κ3) is 6.00. The maximum Gasteiger partial charge on any atom is 0.126 e. The van der Waals surface area contributed by atoms with Gasteiger partial charge in [0.25, 0.3) is 0 Å². The summed E-state index contributed by atoms with van der Waals surface area (Å²) in [5.74, 6) is 0.943. The normalized spacial score (nSPS) is 14.6. The maximum atomic E-state index is 14.0. The van der Waals surface area contributed by atoms with Crippen LogP contribution in [-0.2, 0) is 11.0 Å². The largest absolute Gasteiger partial charge is 0.322 e. The van der Waals surface area contributed by atoms with Crippen LogP contribution in [0.2, 0.25) is 0 Å². The molecule has 3 nitrogen and oxygen atoms in total. The van der Waals surface area contributed by atoms with Crippen LogP contribution in [-0.4, -0.2) is 4.21 Å². The molecule has 3 aromatic rings. The minimum absolute atomic E-state index is 0.264. The molecular weight excluding hydrogens is 424 g/mol. The Morgan fingerprint density at radius 2 is 1.12 bits per heavy atom. The van der Waals surface area contributed by atoms with Gasteiger partial charge in [0.2, 0.25) is 0 Å². The Morgan fingerprint density at radius 3 is 1.55 bits per heavy atom. The fourth-order valence-electron chi connectivity index (χ4n) is 4.15. The average molecular weight is 463 g/mol. The van der Waals surface area contributed by atoms with Crippen molar-refractivity contribution in [1.82, 2.24) is 4.72 Å². The standard InChI is InChI=1S/C29H38N2OS/c1-19(2)24-17-25(20(3)4)29(26(18-24)21(5)6)33(32)31-28(23-15-11-8-12-16-23)27(30)22-13-9-7-10-14-22/h7-21,27-28,31H,30H2,1-6H3/t27-,28?,33?/m0/s1. The summed E-state index contributed by atoms with van der Waals surface area (Å²) in [6.45, 7) is 13.1. The van der Waals surface area contributed by atoms with Gasteiger partial charge in [-0.2, -0.15) is 0 Å². The van der Waals surface area contributed by atoms with Crippen LogP contribution < -0.4 is 10.5 Å². The van der Waals surface area contributed by atoms with Gasteiger partial charge in [0.1, 0.15) is 11.0 Å². The van der Waals surface area contributed by atoms with E-state index in [4.69, 9.17) is 5.73 Å². The molecule has 0 aliphatic carbocycles. The van der Waals surface area contributed by atoms with Crippen LogP contribution in [0.25, 0.3) is 0 Å². The lowest BCUT2D eigenvalue weighted by molar-refractivity contribution is 0.529. The molecule has 0 spiro atoms. The molecule has 0 amide bonds. The third-order valence-corrected chi connectivity index (χ3v) is 7.51. The van der Waals surface area contributed by atoms with Crippen LogP contribution in [0.5, 0.6) is 0 Å². The first-order chi connectivity index (χ1) is 15.7. The molecule has 0 saturated heterocycles. The Bertz CT molecular complexity index is 1030. The van der Waals surface area contributed by atoms with Crippen molar-refractivity contribution in [2.45, 2.75) is 76.3 Å². The summed E-state index contributed by atoms with van der Waals surface area (Å²) in [5.41, 5.74) is 12.4. The molecule has 0 fully saturated rings. The number of hydrogen-bond donors (Lipinski definition) is 2. The summed E-state index contributed by atoms with van der Waals surface area (Å²) in [7, 11) is -1.42. The molecule has 4 heteroatoms. The zero-order valence-corrected chi connectivity index (χ0v) is 21.5. The molecule has 0 aromatic heterocycles. The van der Waals surface area contributed by atoms with Crippen molar-refractivity contribution >= 4 is 11.0 Å². The van der Waals surface area contributed by atoms with E-state index in [9.17, 15) is 4.21 Å². The van der Waals surface area contributed by atoms with Crippen molar-refractivity contribution in [2.24, 2.45) is 5.73 Å². The number of benzene rings is 3. The van der Waals surface area contributed by atoms with E-state index >= 15 is 0 Å². The van der Waals surface area contributed by atoms with Crippen molar-refractivity contribution in [3.63, 3.8) is 0 Å². The highest BCUT2D eigenvalue weighted by molar-refractivity contribution is 7.83. The lowest BCUT2D eigenvalue weighted by atomic mass is 9.89. The summed E-state index contributed by atoms with van der Waals surface area (Å²) < 4.78 is 17.5. The van der Waals surface area contributed by atoms with E-state index in [1.807, 2.05) is 60.7 Å². The molecule has 0 saturated carbocycles. The first kappa shape index (κ1) is 25.4. The van der Waals surface area contributed by atoms with Crippen molar-refractivity contribution in [3.8, 4) is 0 Å². The molecule has 0 aliphatic rings. The van der Waals surface area contributed by atoms with Crippen molar-refractivity contribution in [1.29, 1.82) is 0 Å². The van der Waals surface area contributed by atoms with Crippen LogP contribution in [0.4, 0.5) is 0 Å². The molecule has 0 bridgehead atoms. The molecule has 3 rings (SSSR count). The lowest BCUT2D eigenvalue weighted by Gasteiger charge is -2.28. The van der Waals surface area contributed by atoms with E-state index in [1.165, 1.54) is 5.56 Å². The SMILES string of the molecule is CC(C)c1cc(C(C)C)c(S(=O)NC(c2ccccc2)[C@@H](N)c2ccccc2)c(C(C)C)c1. The molecule has 0 aliphatic heterocycles. The summed E-state index contributed by atoms with van der Waals surface area (Å²) in [6, 6.07) is 24.0. The Morgan fingerprint density at radius 1 is 0.667 bits per heavy atom. The maximum absolute atomic E-state index is 14.0. The lowest BCUT2D eigenvalue weighted by Crippen LogP contribution is -2.34. The zero-order valence-electron chi connectivity index (χ0n) is 20.7. The second-order valence-electron chi connectivity index (χ2n) is 9.70. The van der Waals surface area contributed by atoms with Gasteiger partial charge in [-0.25, -0.2) is 8.93 Å². The molecule has 0 radical (unpaired) electrons. The van der Waals surface area contributed by atoms with Gasteiger partial charge in [-0.3, -0.25) is 0 Å². The summed E-state index contributed by atoms with van der Waals surface area (Å²) in [6.07, 6.45) is 0. The monoisotopic (exact) mass is 462 g/mol. The van der Waals surface area contributed by atoms with Gasteiger partial charge in [0.15, 0.2) is 0 Å². The topological polar surface area (TPSA) is 55.1 Å². The first-order valence-corrected chi connectivity index (χ1v) is 13.1. The molecular formula is C29H38N2OS. The van der Waals surface area contributed by atoms with Gasteiger partial charge in [-0.1, -0.05) is 114 Å². The van der Waals surface area contributed by atoms with Crippen molar-refractivity contribution in [2.75, 3.05) is 0 Å². The Balaban J connectivity index is 2.08. The first-order valence-electron chi connectivity index (χ1n) is 11.9. The predicted octanol–water partition coefficient (Wildman–Crippen LogP) is 7.11. The van der Waals surface area contributed by atoms with E-state index in [0.717, 1.165) is 27.1 Å². The number of nitrogens with two attached hydrogens (primary N) is 1.